The van der Waals surface area contributed by atoms with Gasteiger partial charge in [-0.05, 0) is 85.5 Å². The lowest BCUT2D eigenvalue weighted by Crippen LogP contribution is -2.47. The van der Waals surface area contributed by atoms with Gasteiger partial charge in [0.05, 0.1) is 12.0 Å². The molecule has 1 aliphatic heterocycles. The molecule has 2 heterocycles. The maximum atomic E-state index is 14.6. The van der Waals surface area contributed by atoms with Gasteiger partial charge >= 0.3 is 6.18 Å². The summed E-state index contributed by atoms with van der Waals surface area (Å²) in [6.07, 6.45) is 4.43. The molecule has 1 saturated heterocycles. The van der Waals surface area contributed by atoms with Crippen LogP contribution in [0.1, 0.15) is 50.3 Å². The molecule has 5 nitrogen and oxygen atoms in total. The summed E-state index contributed by atoms with van der Waals surface area (Å²) in [4.78, 5) is 2.33. The molecule has 5 rings (SSSR count). The third-order valence-corrected chi connectivity index (χ3v) is 9.45. The number of alkyl halides is 3. The number of aliphatic hydroxyl groups is 1. The largest absolute Gasteiger partial charge is 0.407 e. The van der Waals surface area contributed by atoms with Gasteiger partial charge in [0.1, 0.15) is 6.04 Å². The topological polar surface area (TPSA) is 64.2 Å². The van der Waals surface area contributed by atoms with Crippen molar-refractivity contribution in [1.29, 1.82) is 5.26 Å². The summed E-state index contributed by atoms with van der Waals surface area (Å²) in [5.74, 6) is -0.365. The average molecular weight is 665 g/mol. The van der Waals surface area contributed by atoms with Crippen molar-refractivity contribution in [2.75, 3.05) is 26.5 Å². The van der Waals surface area contributed by atoms with Crippen LogP contribution in [0, 0.1) is 17.2 Å². The normalized spacial score (nSPS) is 17.4. The molecule has 44 heavy (non-hydrogen) atoms. The Kier molecular flexibility index (Phi) is 14.2. The molecule has 238 valence electrons. The Morgan fingerprint density at radius 2 is 1.66 bits per heavy atom. The van der Waals surface area contributed by atoms with E-state index in [9.17, 15) is 18.4 Å². The lowest BCUT2D eigenvalue weighted by molar-refractivity contribution is -0.160. The van der Waals surface area contributed by atoms with Gasteiger partial charge in [-0.3, -0.25) is 5.32 Å². The Morgan fingerprint density at radius 1 is 1.05 bits per heavy atom. The SMILES string of the molecule is CC.CO.CSc1ccc(SN2CCC(NC(c3cn(Cc4ccc(Cl)cc4)c4c3=CCC(C#N)C=4)C(F)(F)F)CC2)cc1. The molecule has 0 amide bonds. The third-order valence-electron chi connectivity index (χ3n) is 7.35. The third kappa shape index (κ3) is 9.56. The van der Waals surface area contributed by atoms with Crippen LogP contribution in [0.2, 0.25) is 5.02 Å². The number of aromatic nitrogens is 1. The van der Waals surface area contributed by atoms with Crippen LogP contribution in [-0.4, -0.2) is 52.7 Å². The summed E-state index contributed by atoms with van der Waals surface area (Å²) < 4.78 is 47.9. The van der Waals surface area contributed by atoms with Gasteiger partial charge < -0.3 is 9.67 Å². The second-order valence-electron chi connectivity index (χ2n) is 10.1. The highest BCUT2D eigenvalue weighted by Crippen LogP contribution is 2.34. The highest BCUT2D eigenvalue weighted by Gasteiger charge is 2.43. The molecule has 2 unspecified atom stereocenters. The number of thioether (sulfide) groups is 1. The zero-order valence-electron chi connectivity index (χ0n) is 25.4. The van der Waals surface area contributed by atoms with Crippen molar-refractivity contribution < 1.29 is 18.3 Å². The molecule has 1 aliphatic carbocycles. The molecule has 3 aromatic rings. The number of benzene rings is 2. The Hall–Kier alpha value is -2.39. The van der Waals surface area contributed by atoms with Gasteiger partial charge in [0, 0.05) is 69.9 Å². The first-order valence-electron chi connectivity index (χ1n) is 14.6. The number of fused-ring (bicyclic) bond motifs is 1. The summed E-state index contributed by atoms with van der Waals surface area (Å²) in [6, 6.07) is 15.8. The monoisotopic (exact) mass is 664 g/mol. The van der Waals surface area contributed by atoms with Gasteiger partial charge in [0.25, 0.3) is 0 Å². The van der Waals surface area contributed by atoms with Crippen LogP contribution in [0.15, 0.2) is 64.5 Å². The summed E-state index contributed by atoms with van der Waals surface area (Å²) in [6.45, 7) is 5.80. The van der Waals surface area contributed by atoms with E-state index in [0.29, 0.717) is 54.5 Å². The zero-order valence-corrected chi connectivity index (χ0v) is 27.8. The second kappa shape index (κ2) is 17.3. The van der Waals surface area contributed by atoms with E-state index in [1.807, 2.05) is 36.8 Å². The van der Waals surface area contributed by atoms with E-state index < -0.39 is 12.2 Å². The summed E-state index contributed by atoms with van der Waals surface area (Å²) in [7, 11) is 1.00. The van der Waals surface area contributed by atoms with Crippen LogP contribution in [0.3, 0.4) is 0 Å². The molecule has 1 fully saturated rings. The molecular formula is C33H40ClF3N4OS2. The van der Waals surface area contributed by atoms with Crippen molar-refractivity contribution in [3.8, 4) is 6.07 Å². The summed E-state index contributed by atoms with van der Waals surface area (Å²) in [5.41, 5.74) is 1.14. The lowest BCUT2D eigenvalue weighted by atomic mass is 9.97. The Bertz CT molecular complexity index is 1480. The van der Waals surface area contributed by atoms with E-state index in [-0.39, 0.29) is 17.5 Å². The number of hydrogen-bond donors (Lipinski definition) is 2. The van der Waals surface area contributed by atoms with Crippen molar-refractivity contribution in [1.82, 2.24) is 14.2 Å². The second-order valence-corrected chi connectivity index (χ2v) is 12.6. The van der Waals surface area contributed by atoms with Gasteiger partial charge in [0.2, 0.25) is 0 Å². The van der Waals surface area contributed by atoms with Gasteiger partial charge in [-0.15, -0.1) is 11.8 Å². The Morgan fingerprint density at radius 3 is 2.23 bits per heavy atom. The molecule has 0 spiro atoms. The predicted molar refractivity (Wildman–Crippen MR) is 177 cm³/mol. The van der Waals surface area contributed by atoms with Gasteiger partial charge in [-0.1, -0.05) is 43.7 Å². The number of hydrogen-bond acceptors (Lipinski definition) is 6. The van der Waals surface area contributed by atoms with E-state index in [4.69, 9.17) is 16.7 Å². The first-order valence-corrected chi connectivity index (χ1v) is 17.0. The number of nitrogens with zero attached hydrogens (tertiary/aromatic N) is 3. The minimum Gasteiger partial charge on any atom is -0.400 e. The fraction of sp³-hybridized carbons (Fsp3) is 0.424. The van der Waals surface area contributed by atoms with Crippen LogP contribution in [0.5, 0.6) is 0 Å². The molecule has 11 heteroatoms. The molecule has 0 bridgehead atoms. The number of halogens is 4. The zero-order chi connectivity index (χ0) is 32.3. The first-order chi connectivity index (χ1) is 21.2. The van der Waals surface area contributed by atoms with Crippen LogP contribution in [0.25, 0.3) is 12.2 Å². The predicted octanol–water partition coefficient (Wildman–Crippen LogP) is 7.02. The van der Waals surface area contributed by atoms with Gasteiger partial charge in [-0.2, -0.15) is 18.4 Å². The van der Waals surface area contributed by atoms with E-state index >= 15 is 0 Å². The van der Waals surface area contributed by atoms with Crippen molar-refractivity contribution in [2.45, 2.75) is 67.7 Å². The number of aliphatic hydroxyl groups excluding tert-OH is 1. The molecule has 2 atom stereocenters. The number of piperidine rings is 1. The lowest BCUT2D eigenvalue weighted by Gasteiger charge is -2.34. The van der Waals surface area contributed by atoms with Crippen molar-refractivity contribution in [3.05, 3.63) is 81.4 Å². The van der Waals surface area contributed by atoms with Gasteiger partial charge in [0.15, 0.2) is 0 Å². The Labute approximate surface area is 271 Å². The van der Waals surface area contributed by atoms with Crippen molar-refractivity contribution in [2.24, 2.45) is 5.92 Å². The highest BCUT2D eigenvalue weighted by molar-refractivity contribution is 7.98. The summed E-state index contributed by atoms with van der Waals surface area (Å²) >= 11 is 9.38. The Balaban J connectivity index is 0.00000127. The van der Waals surface area contributed by atoms with Crippen molar-refractivity contribution >= 4 is 47.5 Å². The maximum absolute atomic E-state index is 14.6. The van der Waals surface area contributed by atoms with Crippen LogP contribution < -0.4 is 15.9 Å². The minimum absolute atomic E-state index is 0.217. The molecule has 2 aliphatic rings. The molecule has 0 saturated carbocycles. The van der Waals surface area contributed by atoms with E-state index in [1.54, 1.807) is 54.2 Å². The summed E-state index contributed by atoms with van der Waals surface area (Å²) in [5, 5.41) is 21.3. The molecule has 1 aromatic heterocycles. The number of rotatable bonds is 8. The highest BCUT2D eigenvalue weighted by atomic mass is 35.5. The quantitative estimate of drug-likeness (QED) is 0.200. The van der Waals surface area contributed by atoms with E-state index in [1.165, 1.54) is 4.90 Å². The maximum Gasteiger partial charge on any atom is 0.407 e. The molecule has 2 aromatic carbocycles. The van der Waals surface area contributed by atoms with Crippen LogP contribution in [-0.2, 0) is 6.54 Å². The standard InChI is InChI=1S/C30H30ClF3N4S2.C2H6.CH4O/c1-39-24-7-9-25(10-8-24)40-38-14-12-23(13-15-38)36-29(30(32,33)34)27-19-37(18-20-2-5-22(31)6-3-20)28-16-21(17-35)4-11-26(27)28;2*1-2/h2-3,5-11,16,19,21,23,29,36H,4,12-15,18H2,1H3;1-2H3;2H,1H3. The smallest absolute Gasteiger partial charge is 0.400 e. The minimum atomic E-state index is -4.47. The van der Waals surface area contributed by atoms with E-state index in [0.717, 1.165) is 17.6 Å². The van der Waals surface area contributed by atoms with Gasteiger partial charge in [-0.25, -0.2) is 4.31 Å². The van der Waals surface area contributed by atoms with Crippen molar-refractivity contribution in [3.63, 3.8) is 0 Å². The first kappa shape index (κ1) is 36.1. The molecular weight excluding hydrogens is 625 g/mol. The van der Waals surface area contributed by atoms with Crippen LogP contribution >= 0.6 is 35.3 Å². The molecule has 2 N–H and O–H groups in total. The van der Waals surface area contributed by atoms with Crippen LogP contribution in [0.4, 0.5) is 13.2 Å². The average Bonchev–Trinajstić information content (AvgIpc) is 3.40. The fourth-order valence-electron chi connectivity index (χ4n) is 5.25. The van der Waals surface area contributed by atoms with E-state index in [2.05, 4.69) is 40.0 Å². The number of nitriles is 1. The number of nitrogens with one attached hydrogen (secondary N) is 1. The fourth-order valence-corrected chi connectivity index (χ4v) is 6.74. The molecule has 0 radical (unpaired) electrons.